The van der Waals surface area contributed by atoms with Gasteiger partial charge in [0.2, 0.25) is 0 Å². The van der Waals surface area contributed by atoms with E-state index in [1.807, 2.05) is 56.3 Å². The molecule has 5 heterocycles. The summed E-state index contributed by atoms with van der Waals surface area (Å²) in [6, 6.07) is 8.35. The number of piperazine rings is 1. The highest BCUT2D eigenvalue weighted by Gasteiger charge is 2.44. The highest BCUT2D eigenvalue weighted by Crippen LogP contribution is 2.34. The lowest BCUT2D eigenvalue weighted by molar-refractivity contribution is 0.0122. The summed E-state index contributed by atoms with van der Waals surface area (Å²) < 4.78 is 12.8. The first-order chi connectivity index (χ1) is 16.3. The van der Waals surface area contributed by atoms with Crippen LogP contribution in [0.25, 0.3) is 16.6 Å². The fourth-order valence-electron chi connectivity index (χ4n) is 4.93. The minimum absolute atomic E-state index is 0.135. The molecule has 34 heavy (non-hydrogen) atoms. The van der Waals surface area contributed by atoms with Gasteiger partial charge in [-0.05, 0) is 51.8 Å². The molecule has 2 unspecified atom stereocenters. The van der Waals surface area contributed by atoms with Crippen molar-refractivity contribution in [1.82, 2.24) is 19.5 Å². The molecule has 5 rings (SSSR count). The van der Waals surface area contributed by atoms with Crippen molar-refractivity contribution in [3.05, 3.63) is 42.4 Å². The van der Waals surface area contributed by atoms with Crippen molar-refractivity contribution in [2.24, 2.45) is 0 Å². The van der Waals surface area contributed by atoms with Gasteiger partial charge in [-0.25, -0.2) is 14.3 Å². The van der Waals surface area contributed by atoms with E-state index in [-0.39, 0.29) is 18.2 Å². The van der Waals surface area contributed by atoms with Gasteiger partial charge in [-0.2, -0.15) is 10.4 Å². The maximum Gasteiger partial charge on any atom is 0.410 e. The zero-order valence-corrected chi connectivity index (χ0v) is 19.9. The van der Waals surface area contributed by atoms with E-state index in [1.165, 1.54) is 6.20 Å². The SMILES string of the molecule is COc1cc(-c2ccc(N3CC4CCC(C3)N4C(=O)OC(C)(C)C)nc2)cn2ncc(C#N)c12. The van der Waals surface area contributed by atoms with Crippen LogP contribution in [-0.2, 0) is 4.74 Å². The second-order valence-corrected chi connectivity index (χ2v) is 9.84. The fraction of sp³-hybridized carbons (Fsp3) is 0.440. The largest absolute Gasteiger partial charge is 0.494 e. The first kappa shape index (κ1) is 22.0. The van der Waals surface area contributed by atoms with Gasteiger partial charge >= 0.3 is 6.09 Å². The summed E-state index contributed by atoms with van der Waals surface area (Å²) in [4.78, 5) is 21.6. The van der Waals surface area contributed by atoms with Crippen molar-refractivity contribution in [2.45, 2.75) is 51.3 Å². The van der Waals surface area contributed by atoms with Crippen LogP contribution in [0.1, 0.15) is 39.2 Å². The molecule has 3 aromatic heterocycles. The van der Waals surface area contributed by atoms with Crippen molar-refractivity contribution >= 4 is 17.4 Å². The van der Waals surface area contributed by atoms with Gasteiger partial charge in [0.15, 0.2) is 0 Å². The summed E-state index contributed by atoms with van der Waals surface area (Å²) in [5.41, 5.74) is 2.44. The normalized spacial score (nSPS) is 19.9. The van der Waals surface area contributed by atoms with Crippen LogP contribution in [0.4, 0.5) is 10.6 Å². The number of nitriles is 1. The van der Waals surface area contributed by atoms with Crippen molar-refractivity contribution in [3.63, 3.8) is 0 Å². The van der Waals surface area contributed by atoms with Crippen LogP contribution in [0.3, 0.4) is 0 Å². The van der Waals surface area contributed by atoms with Crippen molar-refractivity contribution in [2.75, 3.05) is 25.1 Å². The average molecular weight is 461 g/mol. The van der Waals surface area contributed by atoms with Crippen LogP contribution >= 0.6 is 0 Å². The number of nitrogens with zero attached hydrogens (tertiary/aromatic N) is 6. The molecule has 2 atom stereocenters. The number of rotatable bonds is 3. The average Bonchev–Trinajstić information content (AvgIpc) is 3.35. The van der Waals surface area contributed by atoms with E-state index < -0.39 is 5.60 Å². The van der Waals surface area contributed by atoms with Crippen LogP contribution in [0, 0.1) is 11.3 Å². The molecule has 9 nitrogen and oxygen atoms in total. The second kappa shape index (κ2) is 8.20. The number of hydrogen-bond acceptors (Lipinski definition) is 7. The van der Waals surface area contributed by atoms with E-state index in [0.29, 0.717) is 16.8 Å². The van der Waals surface area contributed by atoms with Gasteiger partial charge in [0.1, 0.15) is 34.3 Å². The Morgan fingerprint density at radius 2 is 1.88 bits per heavy atom. The smallest absolute Gasteiger partial charge is 0.410 e. The maximum atomic E-state index is 12.7. The second-order valence-electron chi connectivity index (χ2n) is 9.84. The number of amides is 1. The number of hydrogen-bond donors (Lipinski definition) is 0. The molecule has 0 aliphatic carbocycles. The van der Waals surface area contributed by atoms with Gasteiger partial charge < -0.3 is 14.4 Å². The van der Waals surface area contributed by atoms with Gasteiger partial charge in [0, 0.05) is 36.6 Å². The van der Waals surface area contributed by atoms with Crippen molar-refractivity contribution < 1.29 is 14.3 Å². The Bertz CT molecular complexity index is 1260. The van der Waals surface area contributed by atoms with Gasteiger partial charge in [0.25, 0.3) is 0 Å². The summed E-state index contributed by atoms with van der Waals surface area (Å²) in [5.74, 6) is 1.48. The van der Waals surface area contributed by atoms with E-state index >= 15 is 0 Å². The summed E-state index contributed by atoms with van der Waals surface area (Å²) in [7, 11) is 1.58. The maximum absolute atomic E-state index is 12.7. The molecular formula is C25H28N6O3. The van der Waals surface area contributed by atoms with Crippen LogP contribution < -0.4 is 9.64 Å². The lowest BCUT2D eigenvalue weighted by Gasteiger charge is -2.41. The zero-order chi connectivity index (χ0) is 24.0. The molecule has 2 bridgehead atoms. The molecule has 2 aliphatic rings. The molecule has 0 radical (unpaired) electrons. The van der Waals surface area contributed by atoms with E-state index in [9.17, 15) is 10.1 Å². The molecule has 1 amide bonds. The molecule has 3 aromatic rings. The van der Waals surface area contributed by atoms with Crippen LogP contribution in [0.15, 0.2) is 36.8 Å². The standard InChI is InChI=1S/C25H28N6O3/c1-25(2,3)34-24(32)31-19-6-7-20(31)15-29(14-19)22-8-5-16(11-27-22)17-9-21(33-4)23-18(10-26)12-28-30(23)13-17/h5,8-9,11-13,19-20H,6-7,14-15H2,1-4H3. The fourth-order valence-corrected chi connectivity index (χ4v) is 4.93. The Hall–Kier alpha value is -3.80. The lowest BCUT2D eigenvalue weighted by Crippen LogP contribution is -2.57. The molecular weight excluding hydrogens is 432 g/mol. The van der Waals surface area contributed by atoms with Gasteiger partial charge in [0.05, 0.1) is 25.4 Å². The summed E-state index contributed by atoms with van der Waals surface area (Å²) in [5, 5.41) is 13.6. The van der Waals surface area contributed by atoms with Crippen molar-refractivity contribution in [1.29, 1.82) is 5.26 Å². The van der Waals surface area contributed by atoms with Crippen molar-refractivity contribution in [3.8, 4) is 22.9 Å². The number of carbonyl (C=O) groups is 1. The molecule has 2 saturated heterocycles. The van der Waals surface area contributed by atoms with E-state index in [2.05, 4.69) is 16.1 Å². The molecule has 9 heteroatoms. The number of anilines is 1. The molecule has 0 aromatic carbocycles. The van der Waals surface area contributed by atoms with E-state index in [0.717, 1.165) is 42.9 Å². The third-order valence-corrected chi connectivity index (χ3v) is 6.41. The number of carbonyl (C=O) groups excluding carboxylic acids is 1. The predicted octanol–water partition coefficient (Wildman–Crippen LogP) is 3.86. The first-order valence-electron chi connectivity index (χ1n) is 11.5. The Kier molecular flexibility index (Phi) is 5.31. The quantitative estimate of drug-likeness (QED) is 0.585. The highest BCUT2D eigenvalue weighted by molar-refractivity contribution is 5.75. The third-order valence-electron chi connectivity index (χ3n) is 6.41. The van der Waals surface area contributed by atoms with Gasteiger partial charge in [-0.3, -0.25) is 4.90 Å². The van der Waals surface area contributed by atoms with Crippen LogP contribution in [0.2, 0.25) is 0 Å². The number of aromatic nitrogens is 3. The summed E-state index contributed by atoms with van der Waals surface area (Å²) in [6.07, 6.45) is 6.99. The minimum atomic E-state index is -0.497. The summed E-state index contributed by atoms with van der Waals surface area (Å²) >= 11 is 0. The molecule has 0 saturated carbocycles. The Morgan fingerprint density at radius 1 is 1.15 bits per heavy atom. The Morgan fingerprint density at radius 3 is 2.47 bits per heavy atom. The van der Waals surface area contributed by atoms with Gasteiger partial charge in [-0.15, -0.1) is 0 Å². The van der Waals surface area contributed by atoms with Crippen LogP contribution in [0.5, 0.6) is 5.75 Å². The third kappa shape index (κ3) is 3.89. The predicted molar refractivity (Wildman–Crippen MR) is 127 cm³/mol. The zero-order valence-electron chi connectivity index (χ0n) is 19.9. The number of methoxy groups -OCH3 is 1. The van der Waals surface area contributed by atoms with Crippen LogP contribution in [-0.4, -0.2) is 63.5 Å². The molecule has 0 spiro atoms. The van der Waals surface area contributed by atoms with E-state index in [1.54, 1.807) is 11.6 Å². The molecule has 2 fully saturated rings. The van der Waals surface area contributed by atoms with E-state index in [4.69, 9.17) is 14.5 Å². The molecule has 2 aliphatic heterocycles. The lowest BCUT2D eigenvalue weighted by atomic mass is 10.1. The summed E-state index contributed by atoms with van der Waals surface area (Å²) in [6.45, 7) is 7.18. The first-order valence-corrected chi connectivity index (χ1v) is 11.5. The highest BCUT2D eigenvalue weighted by atomic mass is 16.6. The monoisotopic (exact) mass is 460 g/mol. The van der Waals surface area contributed by atoms with Gasteiger partial charge in [-0.1, -0.05) is 0 Å². The minimum Gasteiger partial charge on any atom is -0.494 e. The number of fused-ring (bicyclic) bond motifs is 3. The Balaban J connectivity index is 1.35. The number of pyridine rings is 2. The Labute approximate surface area is 198 Å². The molecule has 176 valence electrons. The topological polar surface area (TPSA) is 96.0 Å². The number of ether oxygens (including phenoxy) is 2. The molecule has 0 N–H and O–H groups in total.